The van der Waals surface area contributed by atoms with Crippen molar-refractivity contribution in [3.8, 4) is 0 Å². The van der Waals surface area contributed by atoms with Crippen molar-refractivity contribution in [2.75, 3.05) is 19.7 Å². The van der Waals surface area contributed by atoms with Gasteiger partial charge in [0.05, 0.1) is 6.61 Å². The molecule has 1 aliphatic heterocycles. The minimum Gasteiger partial charge on any atom is -0.463 e. The first-order valence-corrected chi connectivity index (χ1v) is 5.35. The Morgan fingerprint density at radius 2 is 2.43 bits per heavy atom. The van der Waals surface area contributed by atoms with Gasteiger partial charge in [0, 0.05) is 12.6 Å². The number of piperidine rings is 1. The number of hydrogen-bond acceptors (Lipinski definition) is 3. The van der Waals surface area contributed by atoms with E-state index in [-0.39, 0.29) is 5.97 Å². The smallest absolute Gasteiger partial charge is 0.330 e. The molecular formula is C11H19NO2. The zero-order chi connectivity index (χ0) is 10.4. The van der Waals surface area contributed by atoms with Crippen molar-refractivity contribution < 1.29 is 9.53 Å². The van der Waals surface area contributed by atoms with Crippen molar-refractivity contribution in [3.63, 3.8) is 0 Å². The summed E-state index contributed by atoms with van der Waals surface area (Å²) in [5, 5.41) is 3.27. The quantitative estimate of drug-likeness (QED) is 0.550. The van der Waals surface area contributed by atoms with Crippen LogP contribution in [0.4, 0.5) is 0 Å². The van der Waals surface area contributed by atoms with Crippen LogP contribution in [0.5, 0.6) is 0 Å². The van der Waals surface area contributed by atoms with Gasteiger partial charge >= 0.3 is 5.97 Å². The third-order valence-electron chi connectivity index (χ3n) is 2.61. The Hall–Kier alpha value is -0.830. The van der Waals surface area contributed by atoms with Gasteiger partial charge in [0.25, 0.3) is 0 Å². The molecule has 1 fully saturated rings. The van der Waals surface area contributed by atoms with E-state index in [0.29, 0.717) is 12.5 Å². The molecule has 1 N–H and O–H groups in total. The Morgan fingerprint density at radius 3 is 3.07 bits per heavy atom. The SMILES string of the molecule is CCOC(=O)/C=C1/CNCCC1CC. The normalized spacial score (nSPS) is 25.0. The molecule has 0 aromatic carbocycles. The molecule has 3 heteroatoms. The van der Waals surface area contributed by atoms with Crippen LogP contribution in [0.15, 0.2) is 11.6 Å². The highest BCUT2D eigenvalue weighted by molar-refractivity contribution is 5.83. The van der Waals surface area contributed by atoms with Gasteiger partial charge in [-0.25, -0.2) is 4.79 Å². The first kappa shape index (κ1) is 11.2. The molecule has 1 atom stereocenters. The first-order valence-electron chi connectivity index (χ1n) is 5.35. The average Bonchev–Trinajstić information content (AvgIpc) is 2.19. The number of hydrogen-bond donors (Lipinski definition) is 1. The number of esters is 1. The van der Waals surface area contributed by atoms with Gasteiger partial charge in [0.15, 0.2) is 0 Å². The highest BCUT2D eigenvalue weighted by atomic mass is 16.5. The number of carbonyl (C=O) groups is 1. The molecule has 1 saturated heterocycles. The Labute approximate surface area is 85.5 Å². The molecule has 80 valence electrons. The topological polar surface area (TPSA) is 38.3 Å². The van der Waals surface area contributed by atoms with Crippen LogP contribution in [0.1, 0.15) is 26.7 Å². The Morgan fingerprint density at radius 1 is 1.64 bits per heavy atom. The molecule has 0 amide bonds. The number of ether oxygens (including phenoxy) is 1. The van der Waals surface area contributed by atoms with Crippen LogP contribution in [0.25, 0.3) is 0 Å². The lowest BCUT2D eigenvalue weighted by Gasteiger charge is -2.24. The summed E-state index contributed by atoms with van der Waals surface area (Å²) in [7, 11) is 0. The third-order valence-corrected chi connectivity index (χ3v) is 2.61. The van der Waals surface area contributed by atoms with E-state index in [1.165, 1.54) is 5.57 Å². The first-order chi connectivity index (χ1) is 6.77. The van der Waals surface area contributed by atoms with E-state index in [9.17, 15) is 4.79 Å². The zero-order valence-electron chi connectivity index (χ0n) is 9.01. The minimum absolute atomic E-state index is 0.204. The summed E-state index contributed by atoms with van der Waals surface area (Å²) in [5.74, 6) is 0.352. The predicted octanol–water partition coefficient (Wildman–Crippen LogP) is 1.50. The Balaban J connectivity index is 2.57. The van der Waals surface area contributed by atoms with E-state index < -0.39 is 0 Å². The second-order valence-electron chi connectivity index (χ2n) is 3.54. The fraction of sp³-hybridized carbons (Fsp3) is 0.727. The standard InChI is InChI=1S/C11H19NO2/c1-3-9-5-6-12-8-10(9)7-11(13)14-4-2/h7,9,12H,3-6,8H2,1-2H3/b10-7-. The zero-order valence-corrected chi connectivity index (χ0v) is 9.01. The molecule has 1 unspecified atom stereocenters. The van der Waals surface area contributed by atoms with Crippen molar-refractivity contribution in [2.45, 2.75) is 26.7 Å². The molecule has 0 bridgehead atoms. The van der Waals surface area contributed by atoms with Crippen molar-refractivity contribution in [3.05, 3.63) is 11.6 Å². The summed E-state index contributed by atoms with van der Waals surface area (Å²) in [5.41, 5.74) is 1.19. The lowest BCUT2D eigenvalue weighted by Crippen LogP contribution is -2.30. The summed E-state index contributed by atoms with van der Waals surface area (Å²) >= 11 is 0. The molecule has 0 radical (unpaired) electrons. The molecule has 0 saturated carbocycles. The van der Waals surface area contributed by atoms with Gasteiger partial charge in [-0.1, -0.05) is 6.92 Å². The second-order valence-corrected chi connectivity index (χ2v) is 3.54. The van der Waals surface area contributed by atoms with Crippen LogP contribution in [0.3, 0.4) is 0 Å². The molecule has 1 heterocycles. The van der Waals surface area contributed by atoms with Crippen molar-refractivity contribution >= 4 is 5.97 Å². The van der Waals surface area contributed by atoms with Gasteiger partial charge in [0.1, 0.15) is 0 Å². The maximum absolute atomic E-state index is 11.2. The monoisotopic (exact) mass is 197 g/mol. The molecule has 1 rings (SSSR count). The molecule has 1 aliphatic rings. The maximum atomic E-state index is 11.2. The average molecular weight is 197 g/mol. The van der Waals surface area contributed by atoms with Crippen molar-refractivity contribution in [1.82, 2.24) is 5.32 Å². The predicted molar refractivity (Wildman–Crippen MR) is 56.0 cm³/mol. The van der Waals surface area contributed by atoms with Crippen LogP contribution < -0.4 is 5.32 Å². The van der Waals surface area contributed by atoms with E-state index in [1.54, 1.807) is 6.08 Å². The highest BCUT2D eigenvalue weighted by Crippen LogP contribution is 2.21. The van der Waals surface area contributed by atoms with Gasteiger partial charge in [-0.15, -0.1) is 0 Å². The van der Waals surface area contributed by atoms with Crippen molar-refractivity contribution in [2.24, 2.45) is 5.92 Å². The van der Waals surface area contributed by atoms with E-state index in [4.69, 9.17) is 4.74 Å². The molecule has 3 nitrogen and oxygen atoms in total. The fourth-order valence-corrected chi connectivity index (χ4v) is 1.81. The number of rotatable bonds is 3. The van der Waals surface area contributed by atoms with Crippen molar-refractivity contribution in [1.29, 1.82) is 0 Å². The highest BCUT2D eigenvalue weighted by Gasteiger charge is 2.17. The van der Waals surface area contributed by atoms with E-state index in [1.807, 2.05) is 6.92 Å². The number of nitrogens with one attached hydrogen (secondary N) is 1. The lowest BCUT2D eigenvalue weighted by atomic mass is 9.90. The Bertz CT molecular complexity index is 223. The Kier molecular flexibility index (Phi) is 4.66. The second kappa shape index (κ2) is 5.81. The summed E-state index contributed by atoms with van der Waals surface area (Å²) in [6, 6.07) is 0. The largest absolute Gasteiger partial charge is 0.463 e. The maximum Gasteiger partial charge on any atom is 0.330 e. The van der Waals surface area contributed by atoms with Crippen LogP contribution in [-0.2, 0) is 9.53 Å². The van der Waals surface area contributed by atoms with E-state index >= 15 is 0 Å². The molecular weight excluding hydrogens is 178 g/mol. The van der Waals surface area contributed by atoms with Crippen LogP contribution >= 0.6 is 0 Å². The molecule has 0 aliphatic carbocycles. The molecule has 0 spiro atoms. The van der Waals surface area contributed by atoms with Crippen LogP contribution in [0, 0.1) is 5.92 Å². The van der Waals surface area contributed by atoms with Gasteiger partial charge in [-0.3, -0.25) is 0 Å². The summed E-state index contributed by atoms with van der Waals surface area (Å²) < 4.78 is 4.89. The number of carbonyl (C=O) groups excluding carboxylic acids is 1. The summed E-state index contributed by atoms with van der Waals surface area (Å²) in [6.07, 6.45) is 3.89. The van der Waals surface area contributed by atoms with Gasteiger partial charge < -0.3 is 10.1 Å². The summed E-state index contributed by atoms with van der Waals surface area (Å²) in [4.78, 5) is 11.2. The third kappa shape index (κ3) is 3.14. The van der Waals surface area contributed by atoms with Crippen LogP contribution in [-0.4, -0.2) is 25.7 Å². The van der Waals surface area contributed by atoms with Gasteiger partial charge in [0.2, 0.25) is 0 Å². The molecule has 0 aromatic heterocycles. The summed E-state index contributed by atoms with van der Waals surface area (Å²) in [6.45, 7) is 6.32. The van der Waals surface area contributed by atoms with Gasteiger partial charge in [-0.05, 0) is 37.8 Å². The molecule has 0 aromatic rings. The molecule has 14 heavy (non-hydrogen) atoms. The van der Waals surface area contributed by atoms with E-state index in [0.717, 1.165) is 25.9 Å². The minimum atomic E-state index is -0.204. The van der Waals surface area contributed by atoms with Gasteiger partial charge in [-0.2, -0.15) is 0 Å². The van der Waals surface area contributed by atoms with E-state index in [2.05, 4.69) is 12.2 Å². The lowest BCUT2D eigenvalue weighted by molar-refractivity contribution is -0.137. The fourth-order valence-electron chi connectivity index (χ4n) is 1.81. The van der Waals surface area contributed by atoms with Crippen LogP contribution in [0.2, 0.25) is 0 Å².